The van der Waals surface area contributed by atoms with Crippen LogP contribution in [0.3, 0.4) is 0 Å². The Hall–Kier alpha value is -0.770. The molecule has 156 valence electrons. The van der Waals surface area contributed by atoms with Gasteiger partial charge >= 0.3 is 0 Å². The first kappa shape index (κ1) is 21.0. The average Bonchev–Trinajstić information content (AvgIpc) is 2.73. The maximum absolute atomic E-state index is 12.7. The number of methoxy groups -OCH3 is 1. The summed E-state index contributed by atoms with van der Waals surface area (Å²) >= 11 is 0. The second-order valence-corrected chi connectivity index (χ2v) is 7.89. The Kier molecular flexibility index (Phi) is 8.29. The van der Waals surface area contributed by atoms with Crippen molar-refractivity contribution in [1.82, 2.24) is 24.9 Å². The minimum Gasteiger partial charge on any atom is -0.385 e. The Morgan fingerprint density at radius 1 is 1.15 bits per heavy atom. The molecule has 0 aromatic carbocycles. The fourth-order valence-corrected chi connectivity index (χ4v) is 4.18. The number of nitrogens with zero attached hydrogens (tertiary/aromatic N) is 4. The summed E-state index contributed by atoms with van der Waals surface area (Å²) in [5.74, 6) is 0.247. The first-order valence-corrected chi connectivity index (χ1v) is 10.5. The largest absolute Gasteiger partial charge is 0.385 e. The lowest BCUT2D eigenvalue weighted by Crippen LogP contribution is -2.59. The van der Waals surface area contributed by atoms with Crippen molar-refractivity contribution >= 4 is 5.91 Å². The molecule has 27 heavy (non-hydrogen) atoms. The van der Waals surface area contributed by atoms with Crippen LogP contribution in [0.5, 0.6) is 0 Å². The topological polar surface area (TPSA) is 60.5 Å². The van der Waals surface area contributed by atoms with Crippen LogP contribution in [-0.4, -0.2) is 130 Å². The lowest BCUT2D eigenvalue weighted by atomic mass is 10.1. The van der Waals surface area contributed by atoms with E-state index in [1.54, 1.807) is 7.11 Å². The van der Waals surface area contributed by atoms with Crippen molar-refractivity contribution in [1.29, 1.82) is 0 Å². The van der Waals surface area contributed by atoms with Crippen molar-refractivity contribution in [2.24, 2.45) is 0 Å². The van der Waals surface area contributed by atoms with Gasteiger partial charge in [0.2, 0.25) is 5.91 Å². The van der Waals surface area contributed by atoms with Gasteiger partial charge in [-0.1, -0.05) is 0 Å². The number of carbonyl (C=O) groups is 1. The van der Waals surface area contributed by atoms with Crippen molar-refractivity contribution in [3.05, 3.63) is 0 Å². The van der Waals surface area contributed by atoms with Gasteiger partial charge in [0.25, 0.3) is 0 Å². The summed E-state index contributed by atoms with van der Waals surface area (Å²) < 4.78 is 11.2. The highest BCUT2D eigenvalue weighted by Crippen LogP contribution is 2.16. The SMILES string of the molecule is COCCC(C)N1CCN(C2CN(C(=O)CN3CCNCC3)CCO2)CC1. The summed E-state index contributed by atoms with van der Waals surface area (Å²) in [6.45, 7) is 13.7. The van der Waals surface area contributed by atoms with E-state index in [-0.39, 0.29) is 12.1 Å². The van der Waals surface area contributed by atoms with Gasteiger partial charge < -0.3 is 19.7 Å². The predicted octanol–water partition coefficient (Wildman–Crippen LogP) is -0.881. The summed E-state index contributed by atoms with van der Waals surface area (Å²) in [4.78, 5) is 21.9. The molecule has 0 saturated carbocycles. The van der Waals surface area contributed by atoms with Crippen LogP contribution < -0.4 is 5.32 Å². The molecule has 0 radical (unpaired) electrons. The highest BCUT2D eigenvalue weighted by Gasteiger charge is 2.32. The van der Waals surface area contributed by atoms with Crippen LogP contribution in [-0.2, 0) is 14.3 Å². The number of hydrogen-bond acceptors (Lipinski definition) is 7. The molecular weight excluding hydrogens is 346 g/mol. The summed E-state index contributed by atoms with van der Waals surface area (Å²) in [6.07, 6.45) is 1.12. The molecule has 8 heteroatoms. The number of morpholine rings is 1. The highest BCUT2D eigenvalue weighted by atomic mass is 16.5. The number of amides is 1. The predicted molar refractivity (Wildman–Crippen MR) is 105 cm³/mol. The average molecular weight is 384 g/mol. The number of hydrogen-bond donors (Lipinski definition) is 1. The Balaban J connectivity index is 1.42. The van der Waals surface area contributed by atoms with E-state index in [0.29, 0.717) is 25.7 Å². The first-order valence-electron chi connectivity index (χ1n) is 10.5. The Morgan fingerprint density at radius 3 is 2.59 bits per heavy atom. The van der Waals surface area contributed by atoms with E-state index in [1.807, 2.05) is 4.90 Å². The molecule has 1 N–H and O–H groups in total. The molecule has 0 aromatic rings. The van der Waals surface area contributed by atoms with Gasteiger partial charge in [-0.05, 0) is 13.3 Å². The third-order valence-corrected chi connectivity index (χ3v) is 6.09. The molecule has 3 aliphatic rings. The Labute approximate surface area is 163 Å². The molecule has 3 heterocycles. The minimum atomic E-state index is 0.0437. The van der Waals surface area contributed by atoms with E-state index >= 15 is 0 Å². The molecule has 3 saturated heterocycles. The molecule has 3 fully saturated rings. The molecule has 8 nitrogen and oxygen atoms in total. The van der Waals surface area contributed by atoms with E-state index in [9.17, 15) is 4.79 Å². The second-order valence-electron chi connectivity index (χ2n) is 7.89. The molecule has 0 bridgehead atoms. The third kappa shape index (κ3) is 6.10. The first-order chi connectivity index (χ1) is 13.2. The van der Waals surface area contributed by atoms with Crippen LogP contribution in [0.1, 0.15) is 13.3 Å². The molecule has 0 spiro atoms. The maximum Gasteiger partial charge on any atom is 0.236 e. The summed E-state index contributed by atoms with van der Waals surface area (Å²) in [6, 6.07) is 0.552. The Bertz CT molecular complexity index is 453. The van der Waals surface area contributed by atoms with Gasteiger partial charge in [0, 0.05) is 78.7 Å². The van der Waals surface area contributed by atoms with Crippen LogP contribution in [0.25, 0.3) is 0 Å². The van der Waals surface area contributed by atoms with Gasteiger partial charge in [0.1, 0.15) is 6.23 Å². The van der Waals surface area contributed by atoms with E-state index in [4.69, 9.17) is 9.47 Å². The molecule has 1 amide bonds. The van der Waals surface area contributed by atoms with Crippen molar-refractivity contribution in [2.75, 3.05) is 92.3 Å². The van der Waals surface area contributed by atoms with Gasteiger partial charge in [-0.25, -0.2) is 0 Å². The smallest absolute Gasteiger partial charge is 0.236 e. The van der Waals surface area contributed by atoms with Crippen molar-refractivity contribution in [2.45, 2.75) is 25.6 Å². The monoisotopic (exact) mass is 383 g/mol. The second kappa shape index (κ2) is 10.7. The van der Waals surface area contributed by atoms with Crippen molar-refractivity contribution in [3.8, 4) is 0 Å². The minimum absolute atomic E-state index is 0.0437. The molecule has 2 atom stereocenters. The van der Waals surface area contributed by atoms with Crippen molar-refractivity contribution < 1.29 is 14.3 Å². The standard InChI is InChI=1S/C19H37N5O3/c1-17(3-13-26-2)22-8-10-23(11-9-22)19-16-24(12-14-27-19)18(25)15-21-6-4-20-5-7-21/h17,19-20H,3-16H2,1-2H3. The van der Waals surface area contributed by atoms with Gasteiger partial charge in [-0.3, -0.25) is 19.5 Å². The molecular formula is C19H37N5O3. The highest BCUT2D eigenvalue weighted by molar-refractivity contribution is 5.78. The maximum atomic E-state index is 12.7. The van der Waals surface area contributed by atoms with Crippen LogP contribution in [0.2, 0.25) is 0 Å². The third-order valence-electron chi connectivity index (χ3n) is 6.09. The normalized spacial score (nSPS) is 27.6. The molecule has 3 rings (SSSR count). The van der Waals surface area contributed by atoms with E-state index in [0.717, 1.165) is 71.9 Å². The summed E-state index contributed by atoms with van der Waals surface area (Å²) in [5.41, 5.74) is 0. The number of nitrogens with one attached hydrogen (secondary N) is 1. The van der Waals surface area contributed by atoms with E-state index in [2.05, 4.69) is 26.9 Å². The molecule has 2 unspecified atom stereocenters. The van der Waals surface area contributed by atoms with Gasteiger partial charge in [-0.2, -0.15) is 0 Å². The number of carbonyl (C=O) groups excluding carboxylic acids is 1. The molecule has 0 aromatic heterocycles. The van der Waals surface area contributed by atoms with Crippen LogP contribution in [0.15, 0.2) is 0 Å². The van der Waals surface area contributed by atoms with Gasteiger partial charge in [0.15, 0.2) is 0 Å². The zero-order valence-electron chi connectivity index (χ0n) is 17.1. The summed E-state index contributed by atoms with van der Waals surface area (Å²) in [5, 5.41) is 3.34. The zero-order valence-corrected chi connectivity index (χ0v) is 17.1. The zero-order chi connectivity index (χ0) is 19.1. The van der Waals surface area contributed by atoms with Crippen LogP contribution >= 0.6 is 0 Å². The van der Waals surface area contributed by atoms with E-state index < -0.39 is 0 Å². The van der Waals surface area contributed by atoms with Crippen molar-refractivity contribution in [3.63, 3.8) is 0 Å². The number of rotatable bonds is 7. The van der Waals surface area contributed by atoms with Gasteiger partial charge in [-0.15, -0.1) is 0 Å². The quantitative estimate of drug-likeness (QED) is 0.613. The lowest BCUT2D eigenvalue weighted by Gasteiger charge is -2.44. The lowest BCUT2D eigenvalue weighted by molar-refractivity contribution is -0.154. The van der Waals surface area contributed by atoms with Crippen LogP contribution in [0.4, 0.5) is 0 Å². The number of ether oxygens (including phenoxy) is 2. The number of piperazine rings is 2. The fourth-order valence-electron chi connectivity index (χ4n) is 4.18. The molecule has 3 aliphatic heterocycles. The van der Waals surface area contributed by atoms with Crippen LogP contribution in [0, 0.1) is 0 Å². The van der Waals surface area contributed by atoms with Gasteiger partial charge in [0.05, 0.1) is 19.7 Å². The van der Waals surface area contributed by atoms with E-state index in [1.165, 1.54) is 0 Å². The summed E-state index contributed by atoms with van der Waals surface area (Å²) in [7, 11) is 1.76. The molecule has 0 aliphatic carbocycles. The Morgan fingerprint density at radius 2 is 1.89 bits per heavy atom. The fraction of sp³-hybridized carbons (Fsp3) is 0.947.